The zero-order valence-corrected chi connectivity index (χ0v) is 18.5. The number of aromatic nitrogens is 4. The number of aryl methyl sites for hydroxylation is 3. The molecule has 0 unspecified atom stereocenters. The van der Waals surface area contributed by atoms with Crippen LogP contribution in [0.1, 0.15) is 22.6 Å². The zero-order valence-electron chi connectivity index (χ0n) is 18.5. The molecule has 4 rings (SSSR count). The van der Waals surface area contributed by atoms with E-state index in [-0.39, 0.29) is 11.1 Å². The van der Waals surface area contributed by atoms with Crippen LogP contribution in [0.4, 0.5) is 0 Å². The Morgan fingerprint density at radius 1 is 0.969 bits per heavy atom. The normalized spacial score (nSPS) is 11.4. The summed E-state index contributed by atoms with van der Waals surface area (Å²) < 4.78 is 13.2. The molecule has 2 heterocycles. The topological polar surface area (TPSA) is 103 Å². The first-order valence-corrected chi connectivity index (χ1v) is 9.92. The molecule has 4 aromatic rings. The Hall–Kier alpha value is -4.14. The van der Waals surface area contributed by atoms with E-state index in [1.165, 1.54) is 25.1 Å². The van der Waals surface area contributed by atoms with Gasteiger partial charge < -0.3 is 9.47 Å². The number of hydrogen-bond acceptors (Lipinski definition) is 6. The Labute approximate surface area is 183 Å². The molecule has 0 aliphatic rings. The Balaban J connectivity index is 1.80. The standard InChI is InChI=1S/C23H23N5O4/c1-13-6-8-16(9-7-13)28-23(30)18(14(2)26-28)12-24-27-15(3)25-19-11-21(32-5)20(31-4)10-17(19)22(27)29/h6-12,26H,1-5H3/b24-12+. The summed E-state index contributed by atoms with van der Waals surface area (Å²) in [5.74, 6) is 1.27. The lowest BCUT2D eigenvalue weighted by molar-refractivity contribution is 0.355. The van der Waals surface area contributed by atoms with E-state index in [0.717, 1.165) is 10.2 Å². The predicted molar refractivity (Wildman–Crippen MR) is 123 cm³/mol. The molecule has 2 aromatic heterocycles. The lowest BCUT2D eigenvalue weighted by atomic mass is 10.2. The van der Waals surface area contributed by atoms with Crippen molar-refractivity contribution in [3.8, 4) is 17.2 Å². The molecule has 164 valence electrons. The van der Waals surface area contributed by atoms with Crippen LogP contribution in [0.2, 0.25) is 0 Å². The second kappa shape index (κ2) is 8.18. The molecule has 0 atom stereocenters. The number of ether oxygens (including phenoxy) is 2. The third kappa shape index (κ3) is 3.58. The van der Waals surface area contributed by atoms with Crippen molar-refractivity contribution in [1.82, 2.24) is 19.4 Å². The summed E-state index contributed by atoms with van der Waals surface area (Å²) in [5.41, 5.74) is 2.62. The fourth-order valence-electron chi connectivity index (χ4n) is 3.45. The van der Waals surface area contributed by atoms with Gasteiger partial charge in [0.05, 0.1) is 42.6 Å². The summed E-state index contributed by atoms with van der Waals surface area (Å²) in [4.78, 5) is 30.5. The Morgan fingerprint density at radius 3 is 2.28 bits per heavy atom. The summed E-state index contributed by atoms with van der Waals surface area (Å²) in [6, 6.07) is 10.8. The summed E-state index contributed by atoms with van der Waals surface area (Å²) in [6.07, 6.45) is 1.38. The molecule has 0 amide bonds. The van der Waals surface area contributed by atoms with Gasteiger partial charge in [-0.15, -0.1) is 0 Å². The van der Waals surface area contributed by atoms with Crippen molar-refractivity contribution in [2.24, 2.45) is 5.10 Å². The van der Waals surface area contributed by atoms with Crippen LogP contribution in [0, 0.1) is 20.8 Å². The van der Waals surface area contributed by atoms with Crippen LogP contribution in [0.25, 0.3) is 16.6 Å². The molecule has 0 saturated carbocycles. The third-order valence-corrected chi connectivity index (χ3v) is 5.22. The van der Waals surface area contributed by atoms with E-state index in [2.05, 4.69) is 15.2 Å². The van der Waals surface area contributed by atoms with Gasteiger partial charge >= 0.3 is 0 Å². The van der Waals surface area contributed by atoms with Crippen molar-refractivity contribution in [3.05, 3.63) is 79.8 Å². The lowest BCUT2D eigenvalue weighted by Crippen LogP contribution is -2.22. The highest BCUT2D eigenvalue weighted by Crippen LogP contribution is 2.30. The maximum absolute atomic E-state index is 13.1. The number of methoxy groups -OCH3 is 2. The first kappa shape index (κ1) is 21.1. The van der Waals surface area contributed by atoms with E-state index in [9.17, 15) is 9.59 Å². The van der Waals surface area contributed by atoms with E-state index in [0.29, 0.717) is 45.2 Å². The van der Waals surface area contributed by atoms with Crippen molar-refractivity contribution in [2.75, 3.05) is 14.2 Å². The van der Waals surface area contributed by atoms with Crippen molar-refractivity contribution in [3.63, 3.8) is 0 Å². The van der Waals surface area contributed by atoms with Crippen LogP contribution in [0.5, 0.6) is 11.5 Å². The van der Waals surface area contributed by atoms with Gasteiger partial charge in [0.2, 0.25) is 0 Å². The monoisotopic (exact) mass is 433 g/mol. The average molecular weight is 433 g/mol. The van der Waals surface area contributed by atoms with E-state index in [1.54, 1.807) is 26.0 Å². The number of hydrogen-bond donors (Lipinski definition) is 1. The van der Waals surface area contributed by atoms with Gasteiger partial charge in [-0.25, -0.2) is 9.67 Å². The number of H-pyrrole nitrogens is 1. The van der Waals surface area contributed by atoms with Crippen LogP contribution >= 0.6 is 0 Å². The SMILES string of the molecule is COc1cc2nc(C)n(/N=C/c3c(C)[nH]n(-c4ccc(C)cc4)c3=O)c(=O)c2cc1OC. The van der Waals surface area contributed by atoms with E-state index >= 15 is 0 Å². The zero-order chi connectivity index (χ0) is 23.0. The van der Waals surface area contributed by atoms with Crippen molar-refractivity contribution < 1.29 is 9.47 Å². The molecule has 2 aromatic carbocycles. The van der Waals surface area contributed by atoms with Crippen LogP contribution in [-0.2, 0) is 0 Å². The molecule has 0 fully saturated rings. The van der Waals surface area contributed by atoms with E-state index in [1.807, 2.05) is 31.2 Å². The van der Waals surface area contributed by atoms with E-state index in [4.69, 9.17) is 9.47 Å². The van der Waals surface area contributed by atoms with Crippen LogP contribution < -0.4 is 20.6 Å². The molecular formula is C23H23N5O4. The van der Waals surface area contributed by atoms with E-state index < -0.39 is 0 Å². The fourth-order valence-corrected chi connectivity index (χ4v) is 3.45. The number of rotatable bonds is 5. The Bertz CT molecular complexity index is 1460. The van der Waals surface area contributed by atoms with Gasteiger partial charge in [0.15, 0.2) is 11.5 Å². The number of fused-ring (bicyclic) bond motifs is 1. The maximum Gasteiger partial charge on any atom is 0.282 e. The van der Waals surface area contributed by atoms with Gasteiger partial charge in [0.1, 0.15) is 5.82 Å². The summed E-state index contributed by atoms with van der Waals surface area (Å²) in [6.45, 7) is 5.43. The summed E-state index contributed by atoms with van der Waals surface area (Å²) >= 11 is 0. The largest absolute Gasteiger partial charge is 0.493 e. The van der Waals surface area contributed by atoms with Crippen molar-refractivity contribution in [1.29, 1.82) is 0 Å². The molecule has 9 nitrogen and oxygen atoms in total. The molecule has 0 spiro atoms. The van der Waals surface area contributed by atoms with Crippen LogP contribution in [0.15, 0.2) is 51.1 Å². The first-order chi connectivity index (χ1) is 15.3. The van der Waals surface area contributed by atoms with Crippen molar-refractivity contribution in [2.45, 2.75) is 20.8 Å². The highest BCUT2D eigenvalue weighted by molar-refractivity contribution is 5.83. The van der Waals surface area contributed by atoms with Crippen LogP contribution in [0.3, 0.4) is 0 Å². The quantitative estimate of drug-likeness (QED) is 0.488. The number of aromatic amines is 1. The molecule has 9 heteroatoms. The van der Waals surface area contributed by atoms with Crippen LogP contribution in [-0.4, -0.2) is 39.9 Å². The maximum atomic E-state index is 13.1. The van der Waals surface area contributed by atoms with Gasteiger partial charge in [-0.05, 0) is 39.0 Å². The Kier molecular flexibility index (Phi) is 5.40. The van der Waals surface area contributed by atoms with Gasteiger partial charge in [0.25, 0.3) is 11.1 Å². The number of benzene rings is 2. The molecule has 0 bridgehead atoms. The third-order valence-electron chi connectivity index (χ3n) is 5.22. The number of nitrogens with zero attached hydrogens (tertiary/aromatic N) is 4. The summed E-state index contributed by atoms with van der Waals surface area (Å²) in [5, 5.41) is 7.66. The average Bonchev–Trinajstić information content (AvgIpc) is 3.06. The predicted octanol–water partition coefficient (Wildman–Crippen LogP) is 2.70. The molecule has 0 saturated heterocycles. The molecular weight excluding hydrogens is 410 g/mol. The lowest BCUT2D eigenvalue weighted by Gasteiger charge is -2.10. The number of nitrogens with one attached hydrogen (secondary N) is 1. The minimum absolute atomic E-state index is 0.263. The minimum atomic E-state index is -0.378. The van der Waals surface area contributed by atoms with Gasteiger partial charge in [0, 0.05) is 11.8 Å². The molecule has 1 N–H and O–H groups in total. The fraction of sp³-hybridized carbons (Fsp3) is 0.217. The van der Waals surface area contributed by atoms with Gasteiger partial charge in [-0.3, -0.25) is 14.7 Å². The first-order valence-electron chi connectivity index (χ1n) is 9.92. The highest BCUT2D eigenvalue weighted by Gasteiger charge is 2.14. The molecule has 0 aliphatic heterocycles. The smallest absolute Gasteiger partial charge is 0.282 e. The second-order valence-corrected chi connectivity index (χ2v) is 7.37. The molecule has 0 radical (unpaired) electrons. The second-order valence-electron chi connectivity index (χ2n) is 7.37. The minimum Gasteiger partial charge on any atom is -0.493 e. The van der Waals surface area contributed by atoms with Gasteiger partial charge in [-0.2, -0.15) is 9.78 Å². The molecule has 32 heavy (non-hydrogen) atoms. The van der Waals surface area contributed by atoms with Crippen molar-refractivity contribution >= 4 is 17.1 Å². The Morgan fingerprint density at radius 2 is 1.62 bits per heavy atom. The summed E-state index contributed by atoms with van der Waals surface area (Å²) in [7, 11) is 3.01. The molecule has 0 aliphatic carbocycles. The van der Waals surface area contributed by atoms with Gasteiger partial charge in [-0.1, -0.05) is 17.7 Å². The highest BCUT2D eigenvalue weighted by atomic mass is 16.5.